The summed E-state index contributed by atoms with van der Waals surface area (Å²) >= 11 is 0. The van der Waals surface area contributed by atoms with Crippen molar-refractivity contribution >= 4 is 5.91 Å². The molecule has 0 atom stereocenters. The summed E-state index contributed by atoms with van der Waals surface area (Å²) in [4.78, 5) is 11.2. The molecule has 2 N–H and O–H groups in total. The number of rotatable bonds is 3. The molecule has 0 aliphatic carbocycles. The molecule has 4 nitrogen and oxygen atoms in total. The van der Waals surface area contributed by atoms with Gasteiger partial charge in [-0.1, -0.05) is 13.0 Å². The monoisotopic (exact) mass is 184 g/mol. The van der Waals surface area contributed by atoms with Crippen LogP contribution in [0.3, 0.4) is 0 Å². The van der Waals surface area contributed by atoms with Crippen molar-refractivity contribution in [1.29, 1.82) is 0 Å². The minimum absolute atomic E-state index is 0.213. The lowest BCUT2D eigenvalue weighted by Crippen LogP contribution is -2.45. The second kappa shape index (κ2) is 4.99. The number of nitrogens with one attached hydrogen (secondary N) is 1. The van der Waals surface area contributed by atoms with Gasteiger partial charge in [0.15, 0.2) is 0 Å². The number of carbonyl (C=O) groups excluding carboxylic acids is 1. The lowest BCUT2D eigenvalue weighted by molar-refractivity contribution is -0.122. The first-order chi connectivity index (χ1) is 6.24. The quantitative estimate of drug-likeness (QED) is 0.609. The molecule has 4 heteroatoms. The van der Waals surface area contributed by atoms with Crippen molar-refractivity contribution in [3.8, 4) is 0 Å². The molecule has 1 aliphatic heterocycles. The number of piperidine rings is 1. The maximum Gasteiger partial charge on any atom is 0.263 e. The first kappa shape index (κ1) is 10.2. The molecule has 1 saturated heterocycles. The Labute approximate surface area is 78.2 Å². The van der Waals surface area contributed by atoms with Gasteiger partial charge >= 0.3 is 0 Å². The molecule has 13 heavy (non-hydrogen) atoms. The molecular weight excluding hydrogens is 168 g/mol. The second-order valence-electron chi connectivity index (χ2n) is 3.25. The average molecular weight is 184 g/mol. The normalized spacial score (nSPS) is 18.2. The SMILES string of the molecule is C=C(CO)C(=O)NN1CCCCC1. The maximum atomic E-state index is 11.2. The molecule has 0 aromatic carbocycles. The van der Waals surface area contributed by atoms with Crippen LogP contribution in [0, 0.1) is 0 Å². The molecule has 0 bridgehead atoms. The largest absolute Gasteiger partial charge is 0.391 e. The van der Waals surface area contributed by atoms with Crippen molar-refractivity contribution < 1.29 is 9.90 Å². The maximum absolute atomic E-state index is 11.2. The van der Waals surface area contributed by atoms with Gasteiger partial charge < -0.3 is 5.11 Å². The van der Waals surface area contributed by atoms with Crippen LogP contribution in [0.1, 0.15) is 19.3 Å². The van der Waals surface area contributed by atoms with Crippen LogP contribution >= 0.6 is 0 Å². The van der Waals surface area contributed by atoms with E-state index in [1.54, 1.807) is 0 Å². The van der Waals surface area contributed by atoms with E-state index in [1.807, 2.05) is 5.01 Å². The fourth-order valence-corrected chi connectivity index (χ4v) is 1.30. The topological polar surface area (TPSA) is 52.6 Å². The van der Waals surface area contributed by atoms with Crippen molar-refractivity contribution in [3.63, 3.8) is 0 Å². The summed E-state index contributed by atoms with van der Waals surface area (Å²) in [5.74, 6) is -0.274. The van der Waals surface area contributed by atoms with Gasteiger partial charge in [-0.25, -0.2) is 5.01 Å². The number of hydrogen-bond donors (Lipinski definition) is 2. The molecule has 0 spiro atoms. The highest BCUT2D eigenvalue weighted by Crippen LogP contribution is 2.06. The van der Waals surface area contributed by atoms with Gasteiger partial charge in [0.05, 0.1) is 6.61 Å². The highest BCUT2D eigenvalue weighted by atomic mass is 16.3. The van der Waals surface area contributed by atoms with E-state index < -0.39 is 0 Å². The summed E-state index contributed by atoms with van der Waals surface area (Å²) in [5.41, 5.74) is 2.92. The molecule has 1 heterocycles. The number of hydrogen-bond acceptors (Lipinski definition) is 3. The summed E-state index contributed by atoms with van der Waals surface area (Å²) in [7, 11) is 0. The number of nitrogens with zero attached hydrogens (tertiary/aromatic N) is 1. The third-order valence-corrected chi connectivity index (χ3v) is 2.13. The predicted molar refractivity (Wildman–Crippen MR) is 49.8 cm³/mol. The molecule has 0 aromatic rings. The van der Waals surface area contributed by atoms with E-state index in [1.165, 1.54) is 6.42 Å². The Morgan fingerprint density at radius 3 is 2.54 bits per heavy atom. The molecule has 0 aromatic heterocycles. The van der Waals surface area contributed by atoms with Crippen LogP contribution in [0.5, 0.6) is 0 Å². The fraction of sp³-hybridized carbons (Fsp3) is 0.667. The summed E-state index contributed by atoms with van der Waals surface area (Å²) in [6.45, 7) is 4.96. The molecule has 0 unspecified atom stereocenters. The van der Waals surface area contributed by atoms with Crippen molar-refractivity contribution in [3.05, 3.63) is 12.2 Å². The average Bonchev–Trinajstić information content (AvgIpc) is 2.18. The van der Waals surface area contributed by atoms with Crippen molar-refractivity contribution in [1.82, 2.24) is 10.4 Å². The summed E-state index contributed by atoms with van der Waals surface area (Å²) in [6.07, 6.45) is 3.46. The zero-order valence-corrected chi connectivity index (χ0v) is 7.75. The zero-order chi connectivity index (χ0) is 9.68. The van der Waals surface area contributed by atoms with Gasteiger partial charge in [-0.3, -0.25) is 10.2 Å². The summed E-state index contributed by atoms with van der Waals surface area (Å²) in [5, 5.41) is 10.5. The Hall–Kier alpha value is -0.870. The second-order valence-corrected chi connectivity index (χ2v) is 3.25. The van der Waals surface area contributed by atoms with Crippen LogP contribution in [-0.4, -0.2) is 35.7 Å². The minimum Gasteiger partial charge on any atom is -0.391 e. The van der Waals surface area contributed by atoms with Gasteiger partial charge in [0, 0.05) is 18.7 Å². The van der Waals surface area contributed by atoms with Crippen molar-refractivity contribution in [2.24, 2.45) is 0 Å². The molecule has 0 saturated carbocycles. The van der Waals surface area contributed by atoms with E-state index in [0.717, 1.165) is 25.9 Å². The van der Waals surface area contributed by atoms with Gasteiger partial charge in [-0.15, -0.1) is 0 Å². The van der Waals surface area contributed by atoms with Gasteiger partial charge in [0.1, 0.15) is 0 Å². The van der Waals surface area contributed by atoms with E-state index in [9.17, 15) is 4.79 Å². The highest BCUT2D eigenvalue weighted by Gasteiger charge is 2.13. The Morgan fingerprint density at radius 1 is 1.38 bits per heavy atom. The molecule has 1 fully saturated rings. The minimum atomic E-state index is -0.278. The van der Waals surface area contributed by atoms with Gasteiger partial charge in [-0.05, 0) is 12.8 Å². The van der Waals surface area contributed by atoms with Crippen LogP contribution in [0.4, 0.5) is 0 Å². The third-order valence-electron chi connectivity index (χ3n) is 2.13. The first-order valence-electron chi connectivity index (χ1n) is 4.58. The number of aliphatic hydroxyl groups is 1. The Balaban J connectivity index is 2.30. The van der Waals surface area contributed by atoms with E-state index in [2.05, 4.69) is 12.0 Å². The summed E-state index contributed by atoms with van der Waals surface area (Å²) < 4.78 is 0. The van der Waals surface area contributed by atoms with E-state index >= 15 is 0 Å². The molecule has 1 rings (SSSR count). The van der Waals surface area contributed by atoms with Crippen molar-refractivity contribution in [2.45, 2.75) is 19.3 Å². The number of amides is 1. The standard InChI is InChI=1S/C9H16N2O2/c1-8(7-12)9(13)10-11-5-3-2-4-6-11/h12H,1-7H2,(H,10,13). The number of aliphatic hydroxyl groups excluding tert-OH is 1. The first-order valence-corrected chi connectivity index (χ1v) is 4.58. The van der Waals surface area contributed by atoms with Gasteiger partial charge in [0.25, 0.3) is 5.91 Å². The van der Waals surface area contributed by atoms with Crippen LogP contribution in [0.2, 0.25) is 0 Å². The van der Waals surface area contributed by atoms with E-state index in [4.69, 9.17) is 5.11 Å². The van der Waals surface area contributed by atoms with Crippen LogP contribution in [0.15, 0.2) is 12.2 Å². The molecule has 1 amide bonds. The van der Waals surface area contributed by atoms with E-state index in [-0.39, 0.29) is 18.1 Å². The molecule has 1 aliphatic rings. The van der Waals surface area contributed by atoms with Crippen LogP contribution < -0.4 is 5.43 Å². The lowest BCUT2D eigenvalue weighted by atomic mass is 10.2. The Kier molecular flexibility index (Phi) is 3.92. The molecule has 74 valence electrons. The zero-order valence-electron chi connectivity index (χ0n) is 7.75. The molecule has 0 radical (unpaired) electrons. The van der Waals surface area contributed by atoms with Gasteiger partial charge in [0.2, 0.25) is 0 Å². The number of carbonyl (C=O) groups is 1. The summed E-state index contributed by atoms with van der Waals surface area (Å²) in [6, 6.07) is 0. The smallest absolute Gasteiger partial charge is 0.263 e. The lowest BCUT2D eigenvalue weighted by Gasteiger charge is -2.26. The van der Waals surface area contributed by atoms with E-state index in [0.29, 0.717) is 0 Å². The van der Waals surface area contributed by atoms with Crippen LogP contribution in [0.25, 0.3) is 0 Å². The fourth-order valence-electron chi connectivity index (χ4n) is 1.30. The highest BCUT2D eigenvalue weighted by molar-refractivity contribution is 5.92. The predicted octanol–water partition coefficient (Wildman–Crippen LogP) is 0.0520. The van der Waals surface area contributed by atoms with Crippen molar-refractivity contribution in [2.75, 3.05) is 19.7 Å². The van der Waals surface area contributed by atoms with Gasteiger partial charge in [-0.2, -0.15) is 0 Å². The Bertz CT molecular complexity index is 198. The Morgan fingerprint density at radius 2 is 2.00 bits per heavy atom. The number of hydrazine groups is 1. The van der Waals surface area contributed by atoms with Crippen LogP contribution in [-0.2, 0) is 4.79 Å². The molecular formula is C9H16N2O2. The third kappa shape index (κ3) is 3.16.